The van der Waals surface area contributed by atoms with Crippen LogP contribution in [0.3, 0.4) is 0 Å². The van der Waals surface area contributed by atoms with Crippen LogP contribution in [0.2, 0.25) is 0 Å². The highest BCUT2D eigenvalue weighted by Crippen LogP contribution is 2.30. The molecule has 0 atom stereocenters. The number of halogens is 2. The Morgan fingerprint density at radius 3 is 2.00 bits per heavy atom. The summed E-state index contributed by atoms with van der Waals surface area (Å²) >= 11 is 0. The Morgan fingerprint density at radius 2 is 1.44 bits per heavy atom. The first-order valence-electron chi connectivity index (χ1n) is 9.12. The fourth-order valence-corrected chi connectivity index (χ4v) is 4.11. The zero-order chi connectivity index (χ0) is 16.2. The van der Waals surface area contributed by atoms with Crippen LogP contribution in [-0.2, 0) is 14.3 Å². The maximum absolute atomic E-state index is 12.6. The number of nitrogens with zero attached hydrogens (tertiary/aromatic N) is 1. The molecule has 3 saturated heterocycles. The van der Waals surface area contributed by atoms with Crippen LogP contribution in [0.15, 0.2) is 0 Å². The molecule has 0 saturated carbocycles. The van der Waals surface area contributed by atoms with Crippen LogP contribution in [-0.4, -0.2) is 67.9 Å². The van der Waals surface area contributed by atoms with Crippen molar-refractivity contribution in [3.63, 3.8) is 0 Å². The van der Waals surface area contributed by atoms with Gasteiger partial charge in [0.1, 0.15) is 0 Å². The van der Waals surface area contributed by atoms with E-state index in [2.05, 4.69) is 10.2 Å². The summed E-state index contributed by atoms with van der Waals surface area (Å²) < 4.78 is 10.9. The molecule has 3 rings (SSSR count). The third-order valence-electron chi connectivity index (χ3n) is 5.87. The van der Waals surface area contributed by atoms with Gasteiger partial charge in [-0.2, -0.15) is 0 Å². The molecular formula is C17H33Cl2N3O3. The fraction of sp³-hybridized carbons (Fsp3) is 0.941. The molecule has 3 heterocycles. The van der Waals surface area contributed by atoms with Crippen LogP contribution >= 0.6 is 24.8 Å². The highest BCUT2D eigenvalue weighted by Gasteiger charge is 2.41. The second kappa shape index (κ2) is 10.3. The lowest BCUT2D eigenvalue weighted by Gasteiger charge is -2.48. The maximum atomic E-state index is 12.6. The molecule has 3 aliphatic heterocycles. The van der Waals surface area contributed by atoms with Gasteiger partial charge < -0.3 is 20.5 Å². The topological polar surface area (TPSA) is 76.8 Å². The quantitative estimate of drug-likeness (QED) is 0.751. The lowest BCUT2D eigenvalue weighted by Crippen LogP contribution is -2.63. The van der Waals surface area contributed by atoms with Gasteiger partial charge in [-0.05, 0) is 51.6 Å². The number of nitrogens with two attached hydrogens (primary N) is 1. The Bertz CT molecular complexity index is 408. The fourth-order valence-electron chi connectivity index (χ4n) is 4.11. The second-order valence-corrected chi connectivity index (χ2v) is 7.34. The Balaban J connectivity index is 0.00000156. The summed E-state index contributed by atoms with van der Waals surface area (Å²) in [6, 6.07) is 0. The normalized spacial score (nSPS) is 26.0. The van der Waals surface area contributed by atoms with Crippen molar-refractivity contribution in [2.24, 2.45) is 5.73 Å². The second-order valence-electron chi connectivity index (χ2n) is 7.34. The number of ether oxygens (including phenoxy) is 2. The van der Waals surface area contributed by atoms with E-state index in [-0.39, 0.29) is 36.3 Å². The Hall–Kier alpha value is -0.110. The standard InChI is InChI=1S/C17H31N3O3.2ClH/c18-17(6-12-23-13-7-17)15(21)19-14-16(4-10-22-11-5-16)20-8-2-1-3-9-20;;/h1-14,18H2,(H,19,21);2*1H. The van der Waals surface area contributed by atoms with Gasteiger partial charge in [-0.3, -0.25) is 9.69 Å². The number of likely N-dealkylation sites (tertiary alicyclic amines) is 1. The minimum absolute atomic E-state index is 0. The number of hydrogen-bond acceptors (Lipinski definition) is 5. The van der Waals surface area contributed by atoms with Crippen molar-refractivity contribution in [1.29, 1.82) is 0 Å². The van der Waals surface area contributed by atoms with Gasteiger partial charge in [0.05, 0.1) is 5.54 Å². The Labute approximate surface area is 163 Å². The number of amides is 1. The molecule has 25 heavy (non-hydrogen) atoms. The Morgan fingerprint density at radius 1 is 0.920 bits per heavy atom. The van der Waals surface area contributed by atoms with Gasteiger partial charge in [0.25, 0.3) is 0 Å². The Kier molecular flexibility index (Phi) is 9.43. The minimum Gasteiger partial charge on any atom is -0.381 e. The van der Waals surface area contributed by atoms with Gasteiger partial charge in [0.2, 0.25) is 5.91 Å². The van der Waals surface area contributed by atoms with E-state index in [4.69, 9.17) is 15.2 Å². The van der Waals surface area contributed by atoms with Crippen molar-refractivity contribution in [3.05, 3.63) is 0 Å². The van der Waals surface area contributed by atoms with Crippen molar-refractivity contribution in [2.75, 3.05) is 46.1 Å². The largest absolute Gasteiger partial charge is 0.381 e. The molecule has 6 nitrogen and oxygen atoms in total. The molecule has 0 aliphatic carbocycles. The smallest absolute Gasteiger partial charge is 0.240 e. The number of nitrogens with one attached hydrogen (secondary N) is 1. The third-order valence-corrected chi connectivity index (χ3v) is 5.87. The van der Waals surface area contributed by atoms with Crippen LogP contribution in [0.4, 0.5) is 0 Å². The van der Waals surface area contributed by atoms with E-state index >= 15 is 0 Å². The molecule has 8 heteroatoms. The van der Waals surface area contributed by atoms with Gasteiger partial charge in [-0.15, -0.1) is 24.8 Å². The number of rotatable bonds is 4. The van der Waals surface area contributed by atoms with E-state index < -0.39 is 5.54 Å². The SMILES string of the molecule is Cl.Cl.NC1(C(=O)NCC2(N3CCCCC3)CCOCC2)CCOCC1. The summed E-state index contributed by atoms with van der Waals surface area (Å²) in [5.74, 6) is -0.0105. The van der Waals surface area contributed by atoms with E-state index in [1.54, 1.807) is 0 Å². The van der Waals surface area contributed by atoms with Crippen molar-refractivity contribution in [1.82, 2.24) is 10.2 Å². The number of hydrogen-bond donors (Lipinski definition) is 2. The van der Waals surface area contributed by atoms with E-state index in [0.717, 1.165) is 39.1 Å². The van der Waals surface area contributed by atoms with Gasteiger partial charge in [-0.1, -0.05) is 6.42 Å². The van der Waals surface area contributed by atoms with Crippen molar-refractivity contribution >= 4 is 30.7 Å². The van der Waals surface area contributed by atoms with Gasteiger partial charge in [0, 0.05) is 38.5 Å². The first-order valence-corrected chi connectivity index (χ1v) is 9.12. The predicted octanol–water partition coefficient (Wildman–Crippen LogP) is 1.49. The summed E-state index contributed by atoms with van der Waals surface area (Å²) in [7, 11) is 0. The zero-order valence-electron chi connectivity index (χ0n) is 15.0. The molecule has 0 unspecified atom stereocenters. The lowest BCUT2D eigenvalue weighted by atomic mass is 9.85. The average Bonchev–Trinajstić information content (AvgIpc) is 2.62. The molecule has 0 aromatic rings. The maximum Gasteiger partial charge on any atom is 0.240 e. The number of piperidine rings is 1. The zero-order valence-corrected chi connectivity index (χ0v) is 16.6. The molecule has 0 radical (unpaired) electrons. The van der Waals surface area contributed by atoms with E-state index in [9.17, 15) is 4.79 Å². The molecule has 1 amide bonds. The van der Waals surface area contributed by atoms with Crippen molar-refractivity contribution in [2.45, 2.75) is 56.0 Å². The van der Waals surface area contributed by atoms with Gasteiger partial charge in [0.15, 0.2) is 0 Å². The van der Waals surface area contributed by atoms with Crippen molar-refractivity contribution < 1.29 is 14.3 Å². The number of carbonyl (C=O) groups is 1. The highest BCUT2D eigenvalue weighted by atomic mass is 35.5. The lowest BCUT2D eigenvalue weighted by molar-refractivity contribution is -0.131. The first-order chi connectivity index (χ1) is 11.1. The summed E-state index contributed by atoms with van der Waals surface area (Å²) in [6.07, 6.45) is 7.05. The van der Waals surface area contributed by atoms with Crippen LogP contribution in [0.25, 0.3) is 0 Å². The van der Waals surface area contributed by atoms with Crippen LogP contribution in [0, 0.1) is 0 Å². The van der Waals surface area contributed by atoms with E-state index in [0.29, 0.717) is 32.6 Å². The molecule has 0 aromatic carbocycles. The molecule has 3 fully saturated rings. The van der Waals surface area contributed by atoms with Crippen LogP contribution in [0.1, 0.15) is 44.9 Å². The molecular weight excluding hydrogens is 365 g/mol. The summed E-state index contributed by atoms with van der Waals surface area (Å²) in [5.41, 5.74) is 5.60. The summed E-state index contributed by atoms with van der Waals surface area (Å²) in [5, 5.41) is 3.18. The molecule has 148 valence electrons. The third kappa shape index (κ3) is 5.44. The van der Waals surface area contributed by atoms with E-state index in [1.165, 1.54) is 19.3 Å². The van der Waals surface area contributed by atoms with Gasteiger partial charge >= 0.3 is 0 Å². The summed E-state index contributed by atoms with van der Waals surface area (Å²) in [4.78, 5) is 15.2. The molecule has 0 spiro atoms. The monoisotopic (exact) mass is 397 g/mol. The first kappa shape index (κ1) is 22.9. The van der Waals surface area contributed by atoms with Crippen LogP contribution in [0.5, 0.6) is 0 Å². The molecule has 3 aliphatic rings. The number of carbonyl (C=O) groups excluding carboxylic acids is 1. The average molecular weight is 398 g/mol. The molecule has 0 aromatic heterocycles. The minimum atomic E-state index is -0.757. The van der Waals surface area contributed by atoms with Crippen molar-refractivity contribution in [3.8, 4) is 0 Å². The molecule has 0 bridgehead atoms. The van der Waals surface area contributed by atoms with Crippen LogP contribution < -0.4 is 11.1 Å². The summed E-state index contributed by atoms with van der Waals surface area (Å²) in [6.45, 7) is 5.69. The molecule has 3 N–H and O–H groups in total. The highest BCUT2D eigenvalue weighted by molar-refractivity contribution is 5.86. The van der Waals surface area contributed by atoms with E-state index in [1.807, 2.05) is 0 Å². The predicted molar refractivity (Wildman–Crippen MR) is 103 cm³/mol. The van der Waals surface area contributed by atoms with Gasteiger partial charge in [-0.25, -0.2) is 0 Å².